The molecule has 1 aromatic heterocycles. The molecule has 3 atom stereocenters. The molecule has 0 N–H and O–H groups in total. The van der Waals surface area contributed by atoms with Gasteiger partial charge in [0.2, 0.25) is 5.75 Å². The van der Waals surface area contributed by atoms with Gasteiger partial charge in [0.05, 0.1) is 18.1 Å². The molecule has 0 fully saturated rings. The van der Waals surface area contributed by atoms with Crippen molar-refractivity contribution in [1.29, 1.82) is 0 Å². The Balaban J connectivity index is 2.10. The minimum Gasteiger partial charge on any atom is -0.493 e. The molecule has 10 heteroatoms. The summed E-state index contributed by atoms with van der Waals surface area (Å²) in [6.45, 7) is 8.34. The second kappa shape index (κ2) is 12.7. The standard InChI is InChI=1S/C25H29Cl2NO7/c1-13(2)23(35-20-8-7-17(26)12-18(20)27)15(4)33-25(31)14(3)11-19(30)22-24(34-16(5)29)21(32-6)9-10-28-22/h7-10,12-15,23H,11H2,1-6H3/t14-,15+,23-/m1/s1. The van der Waals surface area contributed by atoms with Gasteiger partial charge in [-0.2, -0.15) is 0 Å². The van der Waals surface area contributed by atoms with E-state index in [-0.39, 0.29) is 29.5 Å². The summed E-state index contributed by atoms with van der Waals surface area (Å²) in [6, 6.07) is 6.34. The SMILES string of the molecule is COc1ccnc(C(=O)C[C@@H](C)C(=O)O[C@@H](C)[C@H](Oc2ccc(Cl)cc2Cl)C(C)C)c1OC(C)=O. The minimum atomic E-state index is -0.796. The maximum atomic E-state index is 12.9. The third kappa shape index (κ3) is 7.83. The molecular formula is C25H29Cl2NO7. The number of methoxy groups -OCH3 is 1. The van der Waals surface area contributed by atoms with Crippen LogP contribution in [0.15, 0.2) is 30.5 Å². The summed E-state index contributed by atoms with van der Waals surface area (Å²) in [7, 11) is 1.38. The third-order valence-electron chi connectivity index (χ3n) is 5.07. The van der Waals surface area contributed by atoms with Crippen LogP contribution in [0, 0.1) is 11.8 Å². The summed E-state index contributed by atoms with van der Waals surface area (Å²) in [6.07, 6.45) is 0.00164. The van der Waals surface area contributed by atoms with Crippen molar-refractivity contribution < 1.29 is 33.3 Å². The van der Waals surface area contributed by atoms with E-state index >= 15 is 0 Å². The Bertz CT molecular complexity index is 1070. The number of carbonyl (C=O) groups excluding carboxylic acids is 3. The number of esters is 2. The van der Waals surface area contributed by atoms with Crippen LogP contribution >= 0.6 is 23.2 Å². The number of Topliss-reactive ketones (excluding diaryl/α,β-unsaturated/α-hetero) is 1. The van der Waals surface area contributed by atoms with Crippen LogP contribution in [0.2, 0.25) is 10.0 Å². The Morgan fingerprint density at radius 1 is 1.03 bits per heavy atom. The molecule has 0 saturated carbocycles. The largest absolute Gasteiger partial charge is 0.493 e. The fourth-order valence-electron chi connectivity index (χ4n) is 3.35. The molecule has 0 bridgehead atoms. The van der Waals surface area contributed by atoms with E-state index in [0.29, 0.717) is 15.8 Å². The van der Waals surface area contributed by atoms with Gasteiger partial charge in [-0.25, -0.2) is 4.98 Å². The zero-order chi connectivity index (χ0) is 26.3. The molecule has 0 unspecified atom stereocenters. The first-order valence-corrected chi connectivity index (χ1v) is 11.8. The highest BCUT2D eigenvalue weighted by Gasteiger charge is 2.30. The quantitative estimate of drug-likeness (QED) is 0.277. The number of ether oxygens (including phenoxy) is 4. The predicted octanol–water partition coefficient (Wildman–Crippen LogP) is 5.57. The Kier molecular flexibility index (Phi) is 10.3. The lowest BCUT2D eigenvalue weighted by molar-refractivity contribution is -0.158. The number of ketones is 1. The molecule has 1 aromatic carbocycles. The van der Waals surface area contributed by atoms with Crippen molar-refractivity contribution in [3.05, 3.63) is 46.2 Å². The van der Waals surface area contributed by atoms with Crippen LogP contribution in [0.4, 0.5) is 0 Å². The average molecular weight is 526 g/mol. The molecule has 35 heavy (non-hydrogen) atoms. The Hall–Kier alpha value is -2.84. The summed E-state index contributed by atoms with van der Waals surface area (Å²) in [5.74, 6) is -2.02. The lowest BCUT2D eigenvalue weighted by Crippen LogP contribution is -2.39. The van der Waals surface area contributed by atoms with Gasteiger partial charge in [-0.3, -0.25) is 14.4 Å². The number of rotatable bonds is 11. The van der Waals surface area contributed by atoms with E-state index in [2.05, 4.69) is 4.98 Å². The number of aromatic nitrogens is 1. The molecule has 0 aliphatic rings. The van der Waals surface area contributed by atoms with Crippen LogP contribution in [0.5, 0.6) is 17.2 Å². The topological polar surface area (TPSA) is 101 Å². The van der Waals surface area contributed by atoms with Gasteiger partial charge in [-0.15, -0.1) is 0 Å². The van der Waals surface area contributed by atoms with E-state index < -0.39 is 35.8 Å². The van der Waals surface area contributed by atoms with Crippen LogP contribution in [0.1, 0.15) is 51.5 Å². The zero-order valence-electron chi connectivity index (χ0n) is 20.5. The van der Waals surface area contributed by atoms with Crippen molar-refractivity contribution in [3.63, 3.8) is 0 Å². The molecule has 0 amide bonds. The Labute approximate surface area is 214 Å². The van der Waals surface area contributed by atoms with Gasteiger partial charge in [0.1, 0.15) is 18.0 Å². The van der Waals surface area contributed by atoms with Crippen molar-refractivity contribution in [2.24, 2.45) is 11.8 Å². The summed E-state index contributed by atoms with van der Waals surface area (Å²) in [5, 5.41) is 0.818. The van der Waals surface area contributed by atoms with Gasteiger partial charge in [0.25, 0.3) is 0 Å². The van der Waals surface area contributed by atoms with Crippen molar-refractivity contribution in [2.75, 3.05) is 7.11 Å². The molecule has 2 aromatic rings. The van der Waals surface area contributed by atoms with Crippen LogP contribution in [-0.4, -0.2) is 42.0 Å². The smallest absolute Gasteiger partial charge is 0.309 e. The Morgan fingerprint density at radius 2 is 1.71 bits per heavy atom. The van der Waals surface area contributed by atoms with Gasteiger partial charge in [-0.05, 0) is 31.0 Å². The van der Waals surface area contributed by atoms with Crippen molar-refractivity contribution in [1.82, 2.24) is 4.98 Å². The molecule has 0 aliphatic carbocycles. The van der Waals surface area contributed by atoms with E-state index in [0.717, 1.165) is 0 Å². The molecule has 0 radical (unpaired) electrons. The highest BCUT2D eigenvalue weighted by atomic mass is 35.5. The third-order valence-corrected chi connectivity index (χ3v) is 5.60. The predicted molar refractivity (Wildman–Crippen MR) is 131 cm³/mol. The highest BCUT2D eigenvalue weighted by Crippen LogP contribution is 2.32. The van der Waals surface area contributed by atoms with Crippen LogP contribution in [-0.2, 0) is 14.3 Å². The molecule has 8 nitrogen and oxygen atoms in total. The molecule has 0 aliphatic heterocycles. The molecular weight excluding hydrogens is 497 g/mol. The summed E-state index contributed by atoms with van der Waals surface area (Å²) in [5.41, 5.74) is -0.104. The fourth-order valence-corrected chi connectivity index (χ4v) is 3.80. The second-order valence-corrected chi connectivity index (χ2v) is 9.20. The van der Waals surface area contributed by atoms with Gasteiger partial charge in [-0.1, -0.05) is 44.0 Å². The van der Waals surface area contributed by atoms with Crippen molar-refractivity contribution in [3.8, 4) is 17.2 Å². The minimum absolute atomic E-state index is 0.0197. The molecule has 0 saturated heterocycles. The monoisotopic (exact) mass is 525 g/mol. The van der Waals surface area contributed by atoms with Gasteiger partial charge < -0.3 is 18.9 Å². The molecule has 190 valence electrons. The number of nitrogens with zero attached hydrogens (tertiary/aromatic N) is 1. The van der Waals surface area contributed by atoms with Crippen LogP contribution < -0.4 is 14.2 Å². The zero-order valence-corrected chi connectivity index (χ0v) is 22.0. The molecule has 0 spiro atoms. The number of carbonyl (C=O) groups is 3. The summed E-state index contributed by atoms with van der Waals surface area (Å²) in [4.78, 5) is 41.2. The number of halogens is 2. The number of hydrogen-bond acceptors (Lipinski definition) is 8. The van der Waals surface area contributed by atoms with Gasteiger partial charge in [0, 0.05) is 30.6 Å². The lowest BCUT2D eigenvalue weighted by Gasteiger charge is -2.29. The number of benzene rings is 1. The van der Waals surface area contributed by atoms with Crippen LogP contribution in [0.3, 0.4) is 0 Å². The van der Waals surface area contributed by atoms with E-state index in [9.17, 15) is 14.4 Å². The first-order valence-electron chi connectivity index (χ1n) is 11.0. The maximum Gasteiger partial charge on any atom is 0.309 e. The highest BCUT2D eigenvalue weighted by molar-refractivity contribution is 6.35. The van der Waals surface area contributed by atoms with Crippen molar-refractivity contribution in [2.45, 2.75) is 53.2 Å². The van der Waals surface area contributed by atoms with E-state index in [1.807, 2.05) is 13.8 Å². The maximum absolute atomic E-state index is 12.9. The number of hydrogen-bond donors (Lipinski definition) is 0. The second-order valence-electron chi connectivity index (χ2n) is 8.36. The molecule has 1 heterocycles. The van der Waals surface area contributed by atoms with E-state index in [1.54, 1.807) is 32.0 Å². The van der Waals surface area contributed by atoms with Crippen LogP contribution in [0.25, 0.3) is 0 Å². The van der Waals surface area contributed by atoms with E-state index in [4.69, 9.17) is 42.1 Å². The normalized spacial score (nSPS) is 13.5. The summed E-state index contributed by atoms with van der Waals surface area (Å²) >= 11 is 12.2. The fraction of sp³-hybridized carbons (Fsp3) is 0.440. The summed E-state index contributed by atoms with van der Waals surface area (Å²) < 4.78 is 21.9. The average Bonchev–Trinajstić information content (AvgIpc) is 2.77. The molecule has 2 rings (SSSR count). The number of pyridine rings is 1. The Morgan fingerprint density at radius 3 is 2.29 bits per heavy atom. The van der Waals surface area contributed by atoms with E-state index in [1.165, 1.54) is 26.3 Å². The first-order chi connectivity index (χ1) is 16.4. The first kappa shape index (κ1) is 28.4. The van der Waals surface area contributed by atoms with Gasteiger partial charge in [0.15, 0.2) is 17.2 Å². The van der Waals surface area contributed by atoms with Gasteiger partial charge >= 0.3 is 11.9 Å². The lowest BCUT2D eigenvalue weighted by atomic mass is 10.0. The van der Waals surface area contributed by atoms with Crippen molar-refractivity contribution >= 4 is 40.9 Å².